The molecule has 0 unspecified atom stereocenters. The maximum absolute atomic E-state index is 13.3. The average Bonchev–Trinajstić information content (AvgIpc) is 3.30. The Labute approximate surface area is 184 Å². The van der Waals surface area contributed by atoms with E-state index in [1.807, 2.05) is 30.3 Å². The zero-order valence-corrected chi connectivity index (χ0v) is 18.2. The maximum atomic E-state index is 13.3. The van der Waals surface area contributed by atoms with Crippen LogP contribution in [0.4, 0.5) is 0 Å². The normalized spacial score (nSPS) is 13.8. The summed E-state index contributed by atoms with van der Waals surface area (Å²) in [6.45, 7) is 0.597. The molecular formula is C22H18N2O5S2. The molecule has 0 saturated carbocycles. The van der Waals surface area contributed by atoms with Crippen LogP contribution in [-0.4, -0.2) is 32.3 Å². The molecule has 0 radical (unpaired) electrons. The fourth-order valence-corrected chi connectivity index (χ4v) is 6.12. The fraction of sp³-hybridized carbons (Fsp3) is 0.182. The minimum Gasteiger partial charge on any atom is -0.493 e. The summed E-state index contributed by atoms with van der Waals surface area (Å²) in [6, 6.07) is 15.5. The molecule has 0 spiro atoms. The highest BCUT2D eigenvalue weighted by atomic mass is 32.2. The number of fused-ring (bicyclic) bond motifs is 1. The maximum Gasteiger partial charge on any atom is 0.355 e. The zero-order valence-electron chi connectivity index (χ0n) is 16.6. The van der Waals surface area contributed by atoms with Gasteiger partial charge in [0.2, 0.25) is 10.0 Å². The van der Waals surface area contributed by atoms with Gasteiger partial charge < -0.3 is 9.47 Å². The number of esters is 1. The van der Waals surface area contributed by atoms with Gasteiger partial charge in [0, 0.05) is 19.2 Å². The van der Waals surface area contributed by atoms with Crippen LogP contribution in [0, 0.1) is 11.3 Å². The van der Waals surface area contributed by atoms with Crippen molar-refractivity contribution >= 4 is 27.3 Å². The number of hydrogen-bond donors (Lipinski definition) is 0. The van der Waals surface area contributed by atoms with Gasteiger partial charge in [-0.1, -0.05) is 24.3 Å². The molecule has 4 rings (SSSR count). The number of nitriles is 1. The fourth-order valence-electron chi connectivity index (χ4n) is 3.43. The van der Waals surface area contributed by atoms with Gasteiger partial charge >= 0.3 is 5.97 Å². The van der Waals surface area contributed by atoms with Crippen molar-refractivity contribution in [3.63, 3.8) is 0 Å². The summed E-state index contributed by atoms with van der Waals surface area (Å²) in [5.74, 6) is -0.481. The second-order valence-electron chi connectivity index (χ2n) is 6.84. The molecule has 0 saturated heterocycles. The Morgan fingerprint density at radius 2 is 1.90 bits per heavy atom. The number of thiophene rings is 1. The van der Waals surface area contributed by atoms with E-state index in [1.54, 1.807) is 5.38 Å². The van der Waals surface area contributed by atoms with Crippen molar-refractivity contribution in [1.82, 2.24) is 4.31 Å². The lowest BCUT2D eigenvalue weighted by Gasteiger charge is -2.28. The molecule has 0 atom stereocenters. The SMILES string of the molecule is COc1cc(C#N)ccc1OC(=O)c1sccc1S(=O)(=O)N1CCc2ccccc2C1. The second-order valence-corrected chi connectivity index (χ2v) is 9.66. The highest BCUT2D eigenvalue weighted by Crippen LogP contribution is 2.32. The summed E-state index contributed by atoms with van der Waals surface area (Å²) in [6.07, 6.45) is 0.613. The third-order valence-corrected chi connectivity index (χ3v) is 7.93. The van der Waals surface area contributed by atoms with E-state index < -0.39 is 16.0 Å². The molecule has 1 aliphatic heterocycles. The molecule has 2 heterocycles. The smallest absolute Gasteiger partial charge is 0.355 e. The number of hydrogen-bond acceptors (Lipinski definition) is 7. The van der Waals surface area contributed by atoms with E-state index in [2.05, 4.69) is 0 Å². The van der Waals surface area contributed by atoms with Crippen LogP contribution in [0.25, 0.3) is 0 Å². The first kappa shape index (κ1) is 21.1. The lowest BCUT2D eigenvalue weighted by Crippen LogP contribution is -2.36. The van der Waals surface area contributed by atoms with E-state index in [-0.39, 0.29) is 27.8 Å². The van der Waals surface area contributed by atoms with Crippen LogP contribution in [0.15, 0.2) is 58.8 Å². The van der Waals surface area contributed by atoms with E-state index in [9.17, 15) is 13.2 Å². The van der Waals surface area contributed by atoms with E-state index in [0.717, 1.165) is 22.5 Å². The Balaban J connectivity index is 1.60. The molecule has 9 heteroatoms. The molecule has 1 aromatic heterocycles. The third kappa shape index (κ3) is 4.05. The van der Waals surface area contributed by atoms with E-state index in [0.29, 0.717) is 18.5 Å². The molecule has 0 fully saturated rings. The monoisotopic (exact) mass is 454 g/mol. The van der Waals surface area contributed by atoms with Gasteiger partial charge in [0.25, 0.3) is 0 Å². The Hall–Kier alpha value is -3.19. The summed E-state index contributed by atoms with van der Waals surface area (Å²) < 4.78 is 38.6. The first-order chi connectivity index (χ1) is 14.9. The number of nitrogens with zero attached hydrogens (tertiary/aromatic N) is 2. The van der Waals surface area contributed by atoms with Crippen molar-refractivity contribution in [1.29, 1.82) is 5.26 Å². The third-order valence-electron chi connectivity index (χ3n) is 5.02. The molecule has 3 aromatic rings. The Kier molecular flexibility index (Phi) is 5.78. The van der Waals surface area contributed by atoms with Crippen LogP contribution >= 0.6 is 11.3 Å². The van der Waals surface area contributed by atoms with Crippen LogP contribution in [-0.2, 0) is 23.0 Å². The van der Waals surface area contributed by atoms with Crippen molar-refractivity contribution in [2.45, 2.75) is 17.9 Å². The minimum atomic E-state index is -3.89. The number of rotatable bonds is 5. The Morgan fingerprint density at radius 1 is 1.13 bits per heavy atom. The van der Waals surface area contributed by atoms with Crippen molar-refractivity contribution in [3.8, 4) is 17.6 Å². The van der Waals surface area contributed by atoms with Crippen LogP contribution in [0.3, 0.4) is 0 Å². The van der Waals surface area contributed by atoms with Crippen LogP contribution in [0.1, 0.15) is 26.4 Å². The van der Waals surface area contributed by atoms with Gasteiger partial charge in [-0.15, -0.1) is 11.3 Å². The number of ether oxygens (including phenoxy) is 2. The summed E-state index contributed by atoms with van der Waals surface area (Å²) >= 11 is 1.00. The van der Waals surface area contributed by atoms with Gasteiger partial charge in [0.05, 0.1) is 18.7 Å². The lowest BCUT2D eigenvalue weighted by atomic mass is 10.0. The van der Waals surface area contributed by atoms with Crippen molar-refractivity contribution in [3.05, 3.63) is 75.5 Å². The van der Waals surface area contributed by atoms with Crippen molar-refractivity contribution in [2.24, 2.45) is 0 Å². The largest absolute Gasteiger partial charge is 0.493 e. The first-order valence-electron chi connectivity index (χ1n) is 9.39. The number of benzene rings is 2. The van der Waals surface area contributed by atoms with Crippen LogP contribution in [0.5, 0.6) is 11.5 Å². The van der Waals surface area contributed by atoms with Crippen molar-refractivity contribution < 1.29 is 22.7 Å². The van der Waals surface area contributed by atoms with Crippen LogP contribution in [0.2, 0.25) is 0 Å². The summed E-state index contributed by atoms with van der Waals surface area (Å²) in [7, 11) is -2.50. The Morgan fingerprint density at radius 3 is 2.65 bits per heavy atom. The average molecular weight is 455 g/mol. The summed E-state index contributed by atoms with van der Waals surface area (Å²) in [5, 5.41) is 10.6. The molecule has 0 bridgehead atoms. The molecule has 0 N–H and O–H groups in total. The molecule has 158 valence electrons. The molecule has 2 aromatic carbocycles. The van der Waals surface area contributed by atoms with Gasteiger partial charge in [-0.25, -0.2) is 13.2 Å². The number of carbonyl (C=O) groups excluding carboxylic acids is 1. The molecule has 31 heavy (non-hydrogen) atoms. The lowest BCUT2D eigenvalue weighted by molar-refractivity contribution is 0.0731. The predicted octanol–water partition coefficient (Wildman–Crippen LogP) is 3.59. The van der Waals surface area contributed by atoms with Crippen LogP contribution < -0.4 is 9.47 Å². The Bertz CT molecular complexity index is 1290. The first-order valence-corrected chi connectivity index (χ1v) is 11.7. The zero-order chi connectivity index (χ0) is 22.0. The summed E-state index contributed by atoms with van der Waals surface area (Å²) in [4.78, 5) is 12.7. The van der Waals surface area contributed by atoms with E-state index in [1.165, 1.54) is 35.7 Å². The van der Waals surface area contributed by atoms with Gasteiger partial charge in [0.1, 0.15) is 9.77 Å². The van der Waals surface area contributed by atoms with E-state index in [4.69, 9.17) is 14.7 Å². The van der Waals surface area contributed by atoms with Gasteiger partial charge in [-0.3, -0.25) is 0 Å². The second kappa shape index (κ2) is 8.51. The van der Waals surface area contributed by atoms with Gasteiger partial charge in [-0.05, 0) is 41.1 Å². The highest BCUT2D eigenvalue weighted by Gasteiger charge is 2.33. The number of carbonyl (C=O) groups is 1. The highest BCUT2D eigenvalue weighted by molar-refractivity contribution is 7.89. The van der Waals surface area contributed by atoms with Gasteiger partial charge in [-0.2, -0.15) is 9.57 Å². The quantitative estimate of drug-likeness (QED) is 0.432. The topological polar surface area (TPSA) is 96.7 Å². The minimum absolute atomic E-state index is 0.00901. The molecular weight excluding hydrogens is 436 g/mol. The predicted molar refractivity (Wildman–Crippen MR) is 115 cm³/mol. The van der Waals surface area contributed by atoms with Crippen molar-refractivity contribution in [2.75, 3.05) is 13.7 Å². The molecule has 0 aliphatic carbocycles. The van der Waals surface area contributed by atoms with E-state index >= 15 is 0 Å². The summed E-state index contributed by atoms with van der Waals surface area (Å²) in [5.41, 5.74) is 2.44. The molecule has 1 aliphatic rings. The molecule has 0 amide bonds. The van der Waals surface area contributed by atoms with Gasteiger partial charge in [0.15, 0.2) is 11.5 Å². The number of methoxy groups -OCH3 is 1. The standard InChI is InChI=1S/C22H18N2O5S2/c1-28-19-12-15(13-23)6-7-18(19)29-22(25)21-20(9-11-30-21)31(26,27)24-10-8-16-4-2-3-5-17(16)14-24/h2-7,9,11-12H,8,10,14H2,1H3. The molecule has 7 nitrogen and oxygen atoms in total. The number of sulfonamides is 1.